The number of carbonyl (C=O) groups is 1. The van der Waals surface area contributed by atoms with Crippen LogP contribution in [0.4, 0.5) is 0 Å². The molecular weight excluding hydrogens is 356 g/mol. The molecule has 0 aliphatic rings. The van der Waals surface area contributed by atoms with Crippen LogP contribution < -0.4 is 5.32 Å². The standard InChI is InChI=1S/C17H17BrN4O/c1-3-11(2)19-17(23)12-8-9-22-15(10-12)20-21-16(22)13-6-4-5-7-14(13)18/h4-11H,3H2,1-2H3,(H,19,23)/t11-/m1/s1. The molecule has 0 aliphatic carbocycles. The maximum atomic E-state index is 12.2. The number of nitrogens with zero attached hydrogens (tertiary/aromatic N) is 3. The van der Waals surface area contributed by atoms with Gasteiger partial charge in [-0.1, -0.05) is 41.1 Å². The summed E-state index contributed by atoms with van der Waals surface area (Å²) in [6.07, 6.45) is 2.72. The second kappa shape index (κ2) is 6.50. The summed E-state index contributed by atoms with van der Waals surface area (Å²) in [5, 5.41) is 11.4. The number of halogens is 1. The zero-order valence-electron chi connectivity index (χ0n) is 13.0. The first-order chi connectivity index (χ1) is 11.1. The summed E-state index contributed by atoms with van der Waals surface area (Å²) in [5.41, 5.74) is 2.19. The normalized spacial score (nSPS) is 12.3. The number of benzene rings is 1. The Balaban J connectivity index is 1.98. The number of aromatic nitrogens is 3. The smallest absolute Gasteiger partial charge is 0.251 e. The zero-order chi connectivity index (χ0) is 16.4. The molecule has 0 fully saturated rings. The highest BCUT2D eigenvalue weighted by Gasteiger charge is 2.14. The van der Waals surface area contributed by atoms with Crippen molar-refractivity contribution in [1.29, 1.82) is 0 Å². The van der Waals surface area contributed by atoms with Gasteiger partial charge in [-0.2, -0.15) is 0 Å². The Bertz CT molecular complexity index is 859. The molecule has 2 heterocycles. The Hall–Kier alpha value is -2.21. The Morgan fingerprint density at radius 3 is 2.83 bits per heavy atom. The molecule has 0 aliphatic heterocycles. The van der Waals surface area contributed by atoms with Gasteiger partial charge in [0.1, 0.15) is 0 Å². The zero-order valence-corrected chi connectivity index (χ0v) is 14.5. The van der Waals surface area contributed by atoms with Gasteiger partial charge < -0.3 is 5.32 Å². The number of fused-ring (bicyclic) bond motifs is 1. The fourth-order valence-corrected chi connectivity index (χ4v) is 2.73. The lowest BCUT2D eigenvalue weighted by Gasteiger charge is -2.11. The molecule has 1 N–H and O–H groups in total. The molecule has 1 atom stereocenters. The van der Waals surface area contributed by atoms with E-state index < -0.39 is 0 Å². The highest BCUT2D eigenvalue weighted by atomic mass is 79.9. The van der Waals surface area contributed by atoms with E-state index >= 15 is 0 Å². The number of hydrogen-bond acceptors (Lipinski definition) is 3. The summed E-state index contributed by atoms with van der Waals surface area (Å²) in [6, 6.07) is 11.5. The molecule has 1 amide bonds. The van der Waals surface area contributed by atoms with Crippen molar-refractivity contribution < 1.29 is 4.79 Å². The van der Waals surface area contributed by atoms with Gasteiger partial charge >= 0.3 is 0 Å². The van der Waals surface area contributed by atoms with Crippen LogP contribution in [0.25, 0.3) is 17.0 Å². The van der Waals surface area contributed by atoms with Crippen LogP contribution in [0.3, 0.4) is 0 Å². The molecule has 118 valence electrons. The van der Waals surface area contributed by atoms with Crippen molar-refractivity contribution in [3.8, 4) is 11.4 Å². The molecule has 0 spiro atoms. The highest BCUT2D eigenvalue weighted by molar-refractivity contribution is 9.10. The van der Waals surface area contributed by atoms with Crippen molar-refractivity contribution in [2.75, 3.05) is 0 Å². The highest BCUT2D eigenvalue weighted by Crippen LogP contribution is 2.26. The molecule has 3 aromatic rings. The molecule has 0 unspecified atom stereocenters. The largest absolute Gasteiger partial charge is 0.350 e. The van der Waals surface area contributed by atoms with E-state index in [2.05, 4.69) is 31.4 Å². The van der Waals surface area contributed by atoms with Gasteiger partial charge in [-0.05, 0) is 31.5 Å². The van der Waals surface area contributed by atoms with Gasteiger partial charge in [0.15, 0.2) is 11.5 Å². The predicted octanol–water partition coefficient (Wildman–Crippen LogP) is 3.69. The van der Waals surface area contributed by atoms with E-state index in [0.29, 0.717) is 11.2 Å². The van der Waals surface area contributed by atoms with Crippen LogP contribution in [0.2, 0.25) is 0 Å². The fraction of sp³-hybridized carbons (Fsp3) is 0.235. The van der Waals surface area contributed by atoms with Crippen LogP contribution >= 0.6 is 15.9 Å². The summed E-state index contributed by atoms with van der Waals surface area (Å²) < 4.78 is 2.83. The van der Waals surface area contributed by atoms with E-state index in [9.17, 15) is 4.79 Å². The van der Waals surface area contributed by atoms with Crippen molar-refractivity contribution in [2.24, 2.45) is 0 Å². The molecule has 0 bridgehead atoms. The molecular formula is C17H17BrN4O. The SMILES string of the molecule is CC[C@@H](C)NC(=O)c1ccn2c(-c3ccccc3Br)nnc2c1. The maximum absolute atomic E-state index is 12.2. The second-order valence-electron chi connectivity index (χ2n) is 5.43. The molecule has 5 nitrogen and oxygen atoms in total. The van der Waals surface area contributed by atoms with Crippen LogP contribution in [0, 0.1) is 0 Å². The Morgan fingerprint density at radius 2 is 2.09 bits per heavy atom. The van der Waals surface area contributed by atoms with Gasteiger partial charge in [0.2, 0.25) is 0 Å². The van der Waals surface area contributed by atoms with Crippen molar-refractivity contribution in [3.63, 3.8) is 0 Å². The lowest BCUT2D eigenvalue weighted by Crippen LogP contribution is -2.31. The summed E-state index contributed by atoms with van der Waals surface area (Å²) in [4.78, 5) is 12.2. The van der Waals surface area contributed by atoms with Crippen molar-refractivity contribution >= 4 is 27.5 Å². The van der Waals surface area contributed by atoms with Crippen LogP contribution in [-0.2, 0) is 0 Å². The minimum absolute atomic E-state index is 0.0905. The van der Waals surface area contributed by atoms with Gasteiger partial charge in [-0.25, -0.2) is 0 Å². The van der Waals surface area contributed by atoms with E-state index in [0.717, 1.165) is 22.3 Å². The fourth-order valence-electron chi connectivity index (χ4n) is 2.27. The lowest BCUT2D eigenvalue weighted by molar-refractivity contribution is 0.0939. The Morgan fingerprint density at radius 1 is 1.30 bits per heavy atom. The van der Waals surface area contributed by atoms with Gasteiger partial charge in [0.25, 0.3) is 5.91 Å². The molecule has 0 radical (unpaired) electrons. The number of hydrogen-bond donors (Lipinski definition) is 1. The van der Waals surface area contributed by atoms with Crippen molar-refractivity contribution in [1.82, 2.24) is 19.9 Å². The number of nitrogens with one attached hydrogen (secondary N) is 1. The van der Waals surface area contributed by atoms with E-state index in [1.54, 1.807) is 12.1 Å². The van der Waals surface area contributed by atoms with Crippen molar-refractivity contribution in [3.05, 3.63) is 52.6 Å². The monoisotopic (exact) mass is 372 g/mol. The van der Waals surface area contributed by atoms with Crippen LogP contribution in [0.15, 0.2) is 47.1 Å². The van der Waals surface area contributed by atoms with Gasteiger partial charge in [0.05, 0.1) is 0 Å². The number of rotatable bonds is 4. The lowest BCUT2D eigenvalue weighted by atomic mass is 10.2. The molecule has 6 heteroatoms. The second-order valence-corrected chi connectivity index (χ2v) is 6.28. The number of pyridine rings is 1. The summed E-state index contributed by atoms with van der Waals surface area (Å²) in [5.74, 6) is 0.647. The predicted molar refractivity (Wildman–Crippen MR) is 93.3 cm³/mol. The molecule has 1 aromatic carbocycles. The van der Waals surface area contributed by atoms with E-state index in [-0.39, 0.29) is 11.9 Å². The molecule has 2 aromatic heterocycles. The minimum Gasteiger partial charge on any atom is -0.350 e. The van der Waals surface area contributed by atoms with E-state index in [1.165, 1.54) is 0 Å². The van der Waals surface area contributed by atoms with Crippen molar-refractivity contribution in [2.45, 2.75) is 26.3 Å². The third-order valence-electron chi connectivity index (χ3n) is 3.78. The van der Waals surface area contributed by atoms with E-state index in [1.807, 2.05) is 48.7 Å². The topological polar surface area (TPSA) is 59.3 Å². The summed E-state index contributed by atoms with van der Waals surface area (Å²) in [6.45, 7) is 4.02. The molecule has 3 rings (SSSR count). The van der Waals surface area contributed by atoms with Crippen LogP contribution in [-0.4, -0.2) is 26.5 Å². The third-order valence-corrected chi connectivity index (χ3v) is 4.47. The minimum atomic E-state index is -0.0905. The molecule has 0 saturated heterocycles. The van der Waals surface area contributed by atoms with Gasteiger partial charge in [-0.3, -0.25) is 9.20 Å². The Kier molecular flexibility index (Phi) is 4.43. The molecule has 23 heavy (non-hydrogen) atoms. The quantitative estimate of drug-likeness (QED) is 0.759. The number of carbonyl (C=O) groups excluding carboxylic acids is 1. The van der Waals surface area contributed by atoms with Crippen LogP contribution in [0.1, 0.15) is 30.6 Å². The first-order valence-corrected chi connectivity index (χ1v) is 8.30. The average molecular weight is 373 g/mol. The van der Waals surface area contributed by atoms with Gasteiger partial charge in [0, 0.05) is 27.8 Å². The average Bonchev–Trinajstić information content (AvgIpc) is 2.98. The Labute approximate surface area is 142 Å². The first kappa shape index (κ1) is 15.7. The van der Waals surface area contributed by atoms with E-state index in [4.69, 9.17) is 0 Å². The third kappa shape index (κ3) is 3.12. The summed E-state index contributed by atoms with van der Waals surface area (Å²) >= 11 is 3.53. The molecule has 0 saturated carbocycles. The van der Waals surface area contributed by atoms with Crippen LogP contribution in [0.5, 0.6) is 0 Å². The summed E-state index contributed by atoms with van der Waals surface area (Å²) in [7, 11) is 0. The first-order valence-electron chi connectivity index (χ1n) is 7.50. The maximum Gasteiger partial charge on any atom is 0.251 e. The number of amides is 1. The van der Waals surface area contributed by atoms with Gasteiger partial charge in [-0.15, -0.1) is 10.2 Å².